The van der Waals surface area contributed by atoms with Gasteiger partial charge in [-0.25, -0.2) is 0 Å². The molecule has 0 aromatic carbocycles. The van der Waals surface area contributed by atoms with E-state index >= 15 is 0 Å². The number of carbonyl (C=O) groups excluding carboxylic acids is 2. The van der Waals surface area contributed by atoms with Gasteiger partial charge in [0.15, 0.2) is 12.6 Å². The summed E-state index contributed by atoms with van der Waals surface area (Å²) in [4.78, 5) is 22.4. The van der Waals surface area contributed by atoms with E-state index in [2.05, 4.69) is 6.92 Å². The largest absolute Gasteiger partial charge is 0.492 e. The fraction of sp³-hybridized carbons (Fsp3) is 0.571. The summed E-state index contributed by atoms with van der Waals surface area (Å²) in [5.74, 6) is 0.547. The topological polar surface area (TPSA) is 43.4 Å². The summed E-state index contributed by atoms with van der Waals surface area (Å²) in [5, 5.41) is 0. The van der Waals surface area contributed by atoms with Gasteiger partial charge in [0, 0.05) is 6.07 Å². The van der Waals surface area contributed by atoms with Crippen molar-refractivity contribution < 1.29 is 14.3 Å². The zero-order chi connectivity index (χ0) is 13.2. The van der Waals surface area contributed by atoms with Gasteiger partial charge in [-0.2, -0.15) is 0 Å². The van der Waals surface area contributed by atoms with Crippen LogP contribution in [0.25, 0.3) is 0 Å². The fourth-order valence-electron chi connectivity index (χ4n) is 1.72. The Morgan fingerprint density at radius 3 is 2.50 bits per heavy atom. The molecule has 0 spiro atoms. The molecule has 0 radical (unpaired) electrons. The molecule has 0 N–H and O–H groups in total. The van der Waals surface area contributed by atoms with Crippen LogP contribution >= 0.6 is 11.3 Å². The number of aldehydes is 2. The number of unbranched alkanes of at least 4 members (excludes halogenated alkanes) is 5. The van der Waals surface area contributed by atoms with Crippen molar-refractivity contribution in [1.29, 1.82) is 0 Å². The van der Waals surface area contributed by atoms with Crippen molar-refractivity contribution in [2.75, 3.05) is 6.61 Å². The van der Waals surface area contributed by atoms with Gasteiger partial charge in [-0.3, -0.25) is 9.59 Å². The quantitative estimate of drug-likeness (QED) is 0.473. The van der Waals surface area contributed by atoms with Crippen LogP contribution in [0.3, 0.4) is 0 Å². The Hall–Kier alpha value is -1.16. The molecule has 0 saturated carbocycles. The van der Waals surface area contributed by atoms with E-state index in [4.69, 9.17) is 4.74 Å². The zero-order valence-corrected chi connectivity index (χ0v) is 11.6. The molecule has 100 valence electrons. The van der Waals surface area contributed by atoms with E-state index in [1.54, 1.807) is 6.07 Å². The number of thiophene rings is 1. The first-order chi connectivity index (χ1) is 8.81. The minimum Gasteiger partial charge on any atom is -0.492 e. The second-order valence-corrected chi connectivity index (χ2v) is 5.34. The summed E-state index contributed by atoms with van der Waals surface area (Å²) in [5.41, 5.74) is 0. The Balaban J connectivity index is 2.24. The number of ether oxygens (including phenoxy) is 1. The number of hydrogen-bond donors (Lipinski definition) is 0. The normalized spacial score (nSPS) is 10.3. The summed E-state index contributed by atoms with van der Waals surface area (Å²) < 4.78 is 5.54. The summed E-state index contributed by atoms with van der Waals surface area (Å²) >= 11 is 1.17. The summed E-state index contributed by atoms with van der Waals surface area (Å²) in [7, 11) is 0. The monoisotopic (exact) mass is 268 g/mol. The highest BCUT2D eigenvalue weighted by Crippen LogP contribution is 2.26. The Bertz CT molecular complexity index is 371. The molecule has 0 fully saturated rings. The smallest absolute Gasteiger partial charge is 0.163 e. The van der Waals surface area contributed by atoms with Gasteiger partial charge in [-0.05, 0) is 6.42 Å². The number of carbonyl (C=O) groups is 2. The first-order valence-corrected chi connectivity index (χ1v) is 7.30. The molecular weight excluding hydrogens is 248 g/mol. The lowest BCUT2D eigenvalue weighted by Gasteiger charge is -2.04. The minimum absolute atomic E-state index is 0.503. The van der Waals surface area contributed by atoms with E-state index in [-0.39, 0.29) is 0 Å². The van der Waals surface area contributed by atoms with Crippen molar-refractivity contribution in [2.24, 2.45) is 0 Å². The van der Waals surface area contributed by atoms with Gasteiger partial charge in [-0.1, -0.05) is 39.0 Å². The minimum atomic E-state index is 0.503. The Morgan fingerprint density at radius 1 is 1.11 bits per heavy atom. The van der Waals surface area contributed by atoms with Crippen LogP contribution in [0.5, 0.6) is 5.75 Å². The third-order valence-corrected chi connectivity index (χ3v) is 3.69. The van der Waals surface area contributed by atoms with E-state index in [9.17, 15) is 9.59 Å². The highest BCUT2D eigenvalue weighted by atomic mass is 32.1. The van der Waals surface area contributed by atoms with Crippen molar-refractivity contribution in [3.8, 4) is 5.75 Å². The van der Waals surface area contributed by atoms with Crippen molar-refractivity contribution in [3.05, 3.63) is 15.8 Å². The van der Waals surface area contributed by atoms with E-state index in [1.807, 2.05) is 0 Å². The van der Waals surface area contributed by atoms with Crippen LogP contribution in [0.1, 0.15) is 64.8 Å². The van der Waals surface area contributed by atoms with Gasteiger partial charge in [0.05, 0.1) is 11.5 Å². The molecule has 0 aliphatic carbocycles. The van der Waals surface area contributed by atoms with Crippen LogP contribution in [0, 0.1) is 0 Å². The Labute approximate surface area is 112 Å². The average molecular weight is 268 g/mol. The van der Waals surface area contributed by atoms with Gasteiger partial charge >= 0.3 is 0 Å². The third-order valence-electron chi connectivity index (χ3n) is 2.72. The Morgan fingerprint density at radius 2 is 1.83 bits per heavy atom. The fourth-order valence-corrected chi connectivity index (χ4v) is 2.46. The lowest BCUT2D eigenvalue weighted by Crippen LogP contribution is -1.97. The van der Waals surface area contributed by atoms with E-state index in [0.29, 0.717) is 22.1 Å². The van der Waals surface area contributed by atoms with Crippen LogP contribution in [-0.2, 0) is 0 Å². The molecule has 0 atom stereocenters. The molecule has 1 aromatic rings. The van der Waals surface area contributed by atoms with Gasteiger partial charge in [0.2, 0.25) is 0 Å². The van der Waals surface area contributed by atoms with Crippen molar-refractivity contribution in [1.82, 2.24) is 0 Å². The summed E-state index contributed by atoms with van der Waals surface area (Å²) in [6.07, 6.45) is 8.70. The highest BCUT2D eigenvalue weighted by molar-refractivity contribution is 7.15. The molecule has 1 rings (SSSR count). The number of hydrogen-bond acceptors (Lipinski definition) is 4. The van der Waals surface area contributed by atoms with Crippen LogP contribution in [0.4, 0.5) is 0 Å². The van der Waals surface area contributed by atoms with Crippen molar-refractivity contribution in [2.45, 2.75) is 45.4 Å². The third kappa shape index (κ3) is 5.00. The molecule has 0 aliphatic heterocycles. The molecular formula is C14H20O3S. The maximum Gasteiger partial charge on any atom is 0.163 e. The van der Waals surface area contributed by atoms with Gasteiger partial charge in [-0.15, -0.1) is 11.3 Å². The van der Waals surface area contributed by atoms with Gasteiger partial charge in [0.1, 0.15) is 10.6 Å². The van der Waals surface area contributed by atoms with Crippen LogP contribution in [-0.4, -0.2) is 19.2 Å². The predicted molar refractivity (Wildman–Crippen MR) is 74.0 cm³/mol. The van der Waals surface area contributed by atoms with E-state index in [1.165, 1.54) is 37.0 Å². The van der Waals surface area contributed by atoms with Crippen LogP contribution in [0.2, 0.25) is 0 Å². The predicted octanol–water partition coefficient (Wildman–Crippen LogP) is 4.11. The second kappa shape index (κ2) is 8.86. The molecule has 3 nitrogen and oxygen atoms in total. The standard InChI is InChI=1S/C14H20O3S/c1-2-3-4-5-6-7-8-17-13-9-12(10-15)18-14(13)11-16/h9-11H,2-8H2,1H3. The van der Waals surface area contributed by atoms with E-state index < -0.39 is 0 Å². The summed E-state index contributed by atoms with van der Waals surface area (Å²) in [6, 6.07) is 1.64. The van der Waals surface area contributed by atoms with Crippen LogP contribution in [0.15, 0.2) is 6.07 Å². The average Bonchev–Trinajstić information content (AvgIpc) is 2.80. The molecule has 0 amide bonds. The van der Waals surface area contributed by atoms with Gasteiger partial charge < -0.3 is 4.74 Å². The lowest BCUT2D eigenvalue weighted by molar-refractivity contribution is 0.111. The maximum absolute atomic E-state index is 10.8. The molecule has 0 bridgehead atoms. The molecule has 1 aromatic heterocycles. The second-order valence-electron chi connectivity index (χ2n) is 4.23. The highest BCUT2D eigenvalue weighted by Gasteiger charge is 2.08. The van der Waals surface area contributed by atoms with Crippen LogP contribution < -0.4 is 4.74 Å². The molecule has 4 heteroatoms. The first-order valence-electron chi connectivity index (χ1n) is 6.48. The molecule has 0 unspecified atom stereocenters. The Kier molecular flexibility index (Phi) is 7.34. The molecule has 0 aliphatic rings. The summed E-state index contributed by atoms with van der Waals surface area (Å²) in [6.45, 7) is 2.81. The van der Waals surface area contributed by atoms with Crippen molar-refractivity contribution >= 4 is 23.9 Å². The van der Waals surface area contributed by atoms with Crippen molar-refractivity contribution in [3.63, 3.8) is 0 Å². The maximum atomic E-state index is 10.8. The molecule has 0 saturated heterocycles. The molecule has 18 heavy (non-hydrogen) atoms. The molecule has 1 heterocycles. The lowest BCUT2D eigenvalue weighted by atomic mass is 10.1. The zero-order valence-electron chi connectivity index (χ0n) is 10.8. The van der Waals surface area contributed by atoms with E-state index in [0.717, 1.165) is 25.4 Å². The first kappa shape index (κ1) is 14.9. The number of rotatable bonds is 10. The SMILES string of the molecule is CCCCCCCCOc1cc(C=O)sc1C=O. The van der Waals surface area contributed by atoms with Gasteiger partial charge in [0.25, 0.3) is 0 Å².